The topological polar surface area (TPSA) is 20.3 Å². The maximum absolute atomic E-state index is 12.8. The van der Waals surface area contributed by atoms with Gasteiger partial charge in [0.1, 0.15) is 0 Å². The second-order valence-electron chi connectivity index (χ2n) is 5.84. The minimum absolute atomic E-state index is 0.215. The molecule has 0 spiro atoms. The van der Waals surface area contributed by atoms with E-state index in [0.29, 0.717) is 6.04 Å². The van der Waals surface area contributed by atoms with Crippen LogP contribution in [0.25, 0.3) is 0 Å². The summed E-state index contributed by atoms with van der Waals surface area (Å²) in [5.74, 6) is 0.947. The van der Waals surface area contributed by atoms with E-state index in [1.807, 2.05) is 6.07 Å². The molecule has 5 heteroatoms. The van der Waals surface area contributed by atoms with Crippen molar-refractivity contribution in [2.24, 2.45) is 5.92 Å². The highest BCUT2D eigenvalue weighted by Crippen LogP contribution is 2.37. The van der Waals surface area contributed by atoms with E-state index in [9.17, 15) is 4.79 Å². The molecule has 0 radical (unpaired) electrons. The number of hydrogen-bond acceptors (Lipinski definition) is 2. The molecule has 2 nitrogen and oxygen atoms in total. The Labute approximate surface area is 141 Å². The van der Waals surface area contributed by atoms with Crippen molar-refractivity contribution in [1.82, 2.24) is 4.90 Å². The lowest BCUT2D eigenvalue weighted by atomic mass is 9.83. The molecule has 110 valence electrons. The summed E-state index contributed by atoms with van der Waals surface area (Å²) in [6.45, 7) is 0.930. The van der Waals surface area contributed by atoms with Crippen molar-refractivity contribution in [3.63, 3.8) is 0 Å². The maximum Gasteiger partial charge on any atom is 0.256 e. The van der Waals surface area contributed by atoms with E-state index in [-0.39, 0.29) is 5.91 Å². The van der Waals surface area contributed by atoms with Crippen LogP contribution in [-0.2, 0) is 0 Å². The van der Waals surface area contributed by atoms with Gasteiger partial charge in [0.25, 0.3) is 5.91 Å². The van der Waals surface area contributed by atoms with Gasteiger partial charge in [-0.2, -0.15) is 0 Å². The molecule has 1 aliphatic heterocycles. The first-order chi connectivity index (χ1) is 9.66. The lowest BCUT2D eigenvalue weighted by Crippen LogP contribution is -2.40. The summed E-state index contributed by atoms with van der Waals surface area (Å²) in [5.41, 5.74) is 0.824. The first-order valence-electron chi connectivity index (χ1n) is 7.42. The number of thiophene rings is 1. The number of carbonyl (C=O) groups excluding carboxylic acids is 1. The largest absolute Gasteiger partial charge is 0.335 e. The van der Waals surface area contributed by atoms with Crippen LogP contribution in [0.15, 0.2) is 13.6 Å². The van der Waals surface area contributed by atoms with E-state index in [2.05, 4.69) is 36.8 Å². The van der Waals surface area contributed by atoms with Crippen LogP contribution >= 0.6 is 43.2 Å². The van der Waals surface area contributed by atoms with Gasteiger partial charge in [0.05, 0.1) is 13.1 Å². The van der Waals surface area contributed by atoms with Gasteiger partial charge >= 0.3 is 0 Å². The molecule has 0 N–H and O–H groups in total. The summed E-state index contributed by atoms with van der Waals surface area (Å²) in [6, 6.07) is 2.43. The second-order valence-corrected chi connectivity index (χ2v) is 9.59. The van der Waals surface area contributed by atoms with Crippen molar-refractivity contribution < 1.29 is 4.79 Å². The Morgan fingerprint density at radius 2 is 1.90 bits per heavy atom. The minimum Gasteiger partial charge on any atom is -0.335 e. The van der Waals surface area contributed by atoms with Crippen LogP contribution in [-0.4, -0.2) is 23.4 Å². The van der Waals surface area contributed by atoms with Crippen LogP contribution in [0.3, 0.4) is 0 Å². The summed E-state index contributed by atoms with van der Waals surface area (Å²) in [6.07, 6.45) is 9.04. The number of amides is 1. The van der Waals surface area contributed by atoms with Crippen LogP contribution in [0.4, 0.5) is 0 Å². The molecule has 2 fully saturated rings. The third-order valence-corrected chi connectivity index (χ3v) is 6.98. The summed E-state index contributed by atoms with van der Waals surface area (Å²) in [5, 5.41) is 0. The molecule has 1 unspecified atom stereocenters. The Balaban J connectivity index is 1.77. The Morgan fingerprint density at radius 3 is 2.55 bits per heavy atom. The molecule has 1 atom stereocenters. The molecule has 0 aromatic carbocycles. The molecule has 1 aromatic heterocycles. The van der Waals surface area contributed by atoms with E-state index < -0.39 is 0 Å². The number of halogens is 2. The number of hydrogen-bond donors (Lipinski definition) is 0. The Kier molecular flexibility index (Phi) is 4.88. The highest BCUT2D eigenvalue weighted by atomic mass is 79.9. The van der Waals surface area contributed by atoms with Gasteiger partial charge in [-0.1, -0.05) is 19.3 Å². The predicted molar refractivity (Wildman–Crippen MR) is 90.4 cm³/mol. The molecule has 1 amide bonds. The van der Waals surface area contributed by atoms with Crippen LogP contribution in [0, 0.1) is 5.92 Å². The van der Waals surface area contributed by atoms with Crippen molar-refractivity contribution in [3.05, 3.63) is 19.2 Å². The lowest BCUT2D eigenvalue weighted by Gasteiger charge is -2.34. The Hall–Kier alpha value is 0.130. The number of rotatable bonds is 2. The first kappa shape index (κ1) is 15.0. The van der Waals surface area contributed by atoms with Gasteiger partial charge in [0.15, 0.2) is 0 Å². The highest BCUT2D eigenvalue weighted by Gasteiger charge is 2.36. The zero-order valence-electron chi connectivity index (χ0n) is 11.4. The highest BCUT2D eigenvalue weighted by molar-refractivity contribution is 9.12. The Morgan fingerprint density at radius 1 is 1.15 bits per heavy atom. The number of nitrogens with zero attached hydrogens (tertiary/aromatic N) is 1. The maximum atomic E-state index is 12.8. The van der Waals surface area contributed by atoms with Crippen molar-refractivity contribution in [3.8, 4) is 0 Å². The Bertz CT molecular complexity index is 496. The fourth-order valence-electron chi connectivity index (χ4n) is 3.69. The lowest BCUT2D eigenvalue weighted by molar-refractivity contribution is 0.0661. The molecule has 2 heterocycles. The van der Waals surface area contributed by atoms with Gasteiger partial charge in [-0.25, -0.2) is 0 Å². The van der Waals surface area contributed by atoms with Crippen LogP contribution in [0.1, 0.15) is 55.3 Å². The first-order valence-corrected chi connectivity index (χ1v) is 9.83. The molecule has 1 aliphatic carbocycles. The SMILES string of the molecule is O=C(c1cc(Br)sc1Br)N1CCCC1C1CCCCC1. The standard InChI is InChI=1S/C15H19Br2NOS/c16-13-9-11(14(17)20-13)15(19)18-8-4-7-12(18)10-5-2-1-3-6-10/h9-10,12H,1-8H2. The molecule has 3 rings (SSSR count). The van der Waals surface area contributed by atoms with Crippen molar-refractivity contribution in [1.29, 1.82) is 0 Å². The van der Waals surface area contributed by atoms with Gasteiger partial charge < -0.3 is 4.90 Å². The van der Waals surface area contributed by atoms with E-state index in [1.165, 1.54) is 38.5 Å². The second kappa shape index (κ2) is 6.49. The molecule has 1 saturated carbocycles. The number of carbonyl (C=O) groups is 1. The normalized spacial score (nSPS) is 24.3. The summed E-state index contributed by atoms with van der Waals surface area (Å²) in [7, 11) is 0. The average Bonchev–Trinajstić information content (AvgIpc) is 3.05. The third kappa shape index (κ3) is 3.00. The monoisotopic (exact) mass is 419 g/mol. The average molecular weight is 421 g/mol. The van der Waals surface area contributed by atoms with Crippen LogP contribution < -0.4 is 0 Å². The van der Waals surface area contributed by atoms with Gasteiger partial charge in [0.2, 0.25) is 0 Å². The fourth-order valence-corrected chi connectivity index (χ4v) is 6.47. The molecule has 1 saturated heterocycles. The van der Waals surface area contributed by atoms with E-state index >= 15 is 0 Å². The van der Waals surface area contributed by atoms with Gasteiger partial charge in [0, 0.05) is 12.6 Å². The predicted octanol–water partition coefficient (Wildman–Crippen LogP) is 5.46. The smallest absolute Gasteiger partial charge is 0.256 e. The van der Waals surface area contributed by atoms with E-state index in [4.69, 9.17) is 0 Å². The summed E-state index contributed by atoms with van der Waals surface area (Å²) < 4.78 is 1.96. The summed E-state index contributed by atoms with van der Waals surface area (Å²) >= 11 is 8.57. The molecular formula is C15H19Br2NOS. The van der Waals surface area contributed by atoms with Gasteiger partial charge in [-0.3, -0.25) is 4.79 Å². The van der Waals surface area contributed by atoms with Crippen molar-refractivity contribution in [2.45, 2.75) is 51.0 Å². The molecule has 1 aromatic rings. The molecular weight excluding hydrogens is 402 g/mol. The van der Waals surface area contributed by atoms with Crippen molar-refractivity contribution >= 4 is 49.1 Å². The van der Waals surface area contributed by atoms with E-state index in [1.54, 1.807) is 11.3 Å². The van der Waals surface area contributed by atoms with Gasteiger partial charge in [-0.05, 0) is 69.5 Å². The van der Waals surface area contributed by atoms with Crippen molar-refractivity contribution in [2.75, 3.05) is 6.54 Å². The van der Waals surface area contributed by atoms with E-state index in [0.717, 1.165) is 32.0 Å². The third-order valence-electron chi connectivity index (χ3n) is 4.64. The van der Waals surface area contributed by atoms with Crippen LogP contribution in [0.2, 0.25) is 0 Å². The van der Waals surface area contributed by atoms with Crippen LogP contribution in [0.5, 0.6) is 0 Å². The molecule has 0 bridgehead atoms. The zero-order chi connectivity index (χ0) is 14.1. The molecule has 2 aliphatic rings. The quantitative estimate of drug-likeness (QED) is 0.622. The summed E-state index contributed by atoms with van der Waals surface area (Å²) in [4.78, 5) is 15.0. The molecule has 20 heavy (non-hydrogen) atoms. The zero-order valence-corrected chi connectivity index (χ0v) is 15.4. The minimum atomic E-state index is 0.215. The number of likely N-dealkylation sites (tertiary alicyclic amines) is 1. The fraction of sp³-hybridized carbons (Fsp3) is 0.667. The van der Waals surface area contributed by atoms with Gasteiger partial charge in [-0.15, -0.1) is 11.3 Å².